The number of ether oxygens (including phenoxy) is 2. The van der Waals surface area contributed by atoms with Gasteiger partial charge in [-0.1, -0.05) is 6.07 Å². The summed E-state index contributed by atoms with van der Waals surface area (Å²) in [5, 5.41) is 19.4. The number of phenols is 1. The first-order valence-corrected chi connectivity index (χ1v) is 6.96. The monoisotopic (exact) mass is 312 g/mol. The summed E-state index contributed by atoms with van der Waals surface area (Å²) in [6.07, 6.45) is 1.32. The van der Waals surface area contributed by atoms with Gasteiger partial charge in [-0.15, -0.1) is 0 Å². The molecule has 1 aliphatic rings. The van der Waals surface area contributed by atoms with Crippen LogP contribution in [0.1, 0.15) is 5.56 Å². The molecule has 0 fully saturated rings. The molecular weight excluding hydrogens is 300 g/mol. The van der Waals surface area contributed by atoms with E-state index in [0.29, 0.717) is 28.0 Å². The van der Waals surface area contributed by atoms with Gasteiger partial charge in [0, 0.05) is 0 Å². The lowest BCUT2D eigenvalue weighted by atomic mass is 10.0. The number of rotatable bonds is 2. The highest BCUT2D eigenvalue weighted by Crippen LogP contribution is 2.36. The maximum absolute atomic E-state index is 12.7. The van der Waals surface area contributed by atoms with Crippen LogP contribution in [-0.2, 0) is 6.61 Å². The number of hydrogen-bond donors (Lipinski definition) is 2. The second kappa shape index (κ2) is 5.03. The number of aromatic hydroxyl groups is 1. The van der Waals surface area contributed by atoms with Crippen LogP contribution in [0.5, 0.6) is 17.2 Å². The molecule has 3 aromatic rings. The topological polar surface area (TPSA) is 89.1 Å². The number of fused-ring (bicyclic) bond motifs is 2. The van der Waals surface area contributed by atoms with Crippen LogP contribution in [-0.4, -0.2) is 17.0 Å². The molecule has 116 valence electrons. The van der Waals surface area contributed by atoms with E-state index >= 15 is 0 Å². The predicted octanol–water partition coefficient (Wildman–Crippen LogP) is 2.39. The number of aliphatic hydroxyl groups is 1. The molecule has 1 aromatic heterocycles. The summed E-state index contributed by atoms with van der Waals surface area (Å²) in [5.41, 5.74) is 1.13. The van der Waals surface area contributed by atoms with Crippen molar-refractivity contribution in [1.29, 1.82) is 0 Å². The van der Waals surface area contributed by atoms with E-state index in [-0.39, 0.29) is 29.1 Å². The van der Waals surface area contributed by atoms with Crippen LogP contribution in [0.15, 0.2) is 45.8 Å². The van der Waals surface area contributed by atoms with Crippen LogP contribution >= 0.6 is 0 Å². The standard InChI is InChI=1S/C17H12O6/c18-6-11-13(19)3-2-10-16(20)12(7-21-17(10)11)9-1-4-14-15(5-9)23-8-22-14/h1-5,7,18-19H,6,8H2. The Labute approximate surface area is 130 Å². The summed E-state index contributed by atoms with van der Waals surface area (Å²) in [5.74, 6) is 1.09. The Morgan fingerprint density at radius 2 is 1.91 bits per heavy atom. The lowest BCUT2D eigenvalue weighted by Crippen LogP contribution is -2.06. The molecule has 0 spiro atoms. The fourth-order valence-corrected chi connectivity index (χ4v) is 2.66. The molecule has 6 heteroatoms. The van der Waals surface area contributed by atoms with Crippen molar-refractivity contribution in [3.05, 3.63) is 52.4 Å². The molecule has 0 aliphatic carbocycles. The average molecular weight is 312 g/mol. The van der Waals surface area contributed by atoms with E-state index in [1.54, 1.807) is 18.2 Å². The van der Waals surface area contributed by atoms with Gasteiger partial charge in [-0.25, -0.2) is 0 Å². The third-order valence-electron chi connectivity index (χ3n) is 3.86. The third kappa shape index (κ3) is 2.03. The van der Waals surface area contributed by atoms with Gasteiger partial charge in [-0.05, 0) is 29.8 Å². The SMILES string of the molecule is O=c1c(-c2ccc3c(c2)OCO3)coc2c(CO)c(O)ccc12. The summed E-state index contributed by atoms with van der Waals surface area (Å²) in [6.45, 7) is -0.264. The highest BCUT2D eigenvalue weighted by molar-refractivity contribution is 5.85. The van der Waals surface area contributed by atoms with Gasteiger partial charge in [0.15, 0.2) is 11.5 Å². The van der Waals surface area contributed by atoms with E-state index in [9.17, 15) is 15.0 Å². The molecule has 23 heavy (non-hydrogen) atoms. The first-order chi connectivity index (χ1) is 11.2. The van der Waals surface area contributed by atoms with Crippen molar-refractivity contribution < 1.29 is 24.1 Å². The van der Waals surface area contributed by atoms with Gasteiger partial charge in [0.1, 0.15) is 17.6 Å². The zero-order valence-corrected chi connectivity index (χ0v) is 11.9. The molecule has 0 amide bonds. The third-order valence-corrected chi connectivity index (χ3v) is 3.86. The van der Waals surface area contributed by atoms with Gasteiger partial charge < -0.3 is 24.1 Å². The summed E-state index contributed by atoms with van der Waals surface area (Å²) in [6, 6.07) is 8.05. The minimum Gasteiger partial charge on any atom is -0.507 e. The van der Waals surface area contributed by atoms with Crippen molar-refractivity contribution >= 4 is 11.0 Å². The van der Waals surface area contributed by atoms with E-state index < -0.39 is 6.61 Å². The maximum Gasteiger partial charge on any atom is 0.231 e. The van der Waals surface area contributed by atoms with Crippen molar-refractivity contribution in [3.8, 4) is 28.4 Å². The fourth-order valence-electron chi connectivity index (χ4n) is 2.66. The Morgan fingerprint density at radius 1 is 1.09 bits per heavy atom. The highest BCUT2D eigenvalue weighted by atomic mass is 16.7. The van der Waals surface area contributed by atoms with Gasteiger partial charge in [0.05, 0.1) is 23.1 Å². The quantitative estimate of drug-likeness (QED) is 0.755. The zero-order chi connectivity index (χ0) is 16.0. The number of aliphatic hydroxyl groups excluding tert-OH is 1. The molecule has 1 aliphatic heterocycles. The minimum absolute atomic E-state index is 0.112. The molecule has 2 heterocycles. The van der Waals surface area contributed by atoms with Gasteiger partial charge in [-0.3, -0.25) is 4.79 Å². The van der Waals surface area contributed by atoms with E-state index in [1.165, 1.54) is 18.4 Å². The smallest absolute Gasteiger partial charge is 0.231 e. The van der Waals surface area contributed by atoms with Crippen LogP contribution in [0.4, 0.5) is 0 Å². The van der Waals surface area contributed by atoms with Gasteiger partial charge >= 0.3 is 0 Å². The number of hydrogen-bond acceptors (Lipinski definition) is 6. The van der Waals surface area contributed by atoms with Crippen molar-refractivity contribution in [2.75, 3.05) is 6.79 Å². The second-order valence-electron chi connectivity index (χ2n) is 5.14. The van der Waals surface area contributed by atoms with Crippen molar-refractivity contribution in [2.45, 2.75) is 6.61 Å². The van der Waals surface area contributed by atoms with Gasteiger partial charge in [0.2, 0.25) is 12.2 Å². The van der Waals surface area contributed by atoms with Crippen molar-refractivity contribution in [3.63, 3.8) is 0 Å². The Morgan fingerprint density at radius 3 is 2.74 bits per heavy atom. The summed E-state index contributed by atoms with van der Waals surface area (Å²) < 4.78 is 16.1. The van der Waals surface area contributed by atoms with E-state index in [2.05, 4.69) is 0 Å². The second-order valence-corrected chi connectivity index (χ2v) is 5.14. The van der Waals surface area contributed by atoms with Gasteiger partial charge in [0.25, 0.3) is 0 Å². The van der Waals surface area contributed by atoms with Crippen molar-refractivity contribution in [1.82, 2.24) is 0 Å². The minimum atomic E-state index is -0.421. The molecular formula is C17H12O6. The van der Waals surface area contributed by atoms with Crippen LogP contribution in [0.3, 0.4) is 0 Å². The molecule has 0 saturated heterocycles. The molecule has 0 radical (unpaired) electrons. The molecule has 0 bridgehead atoms. The number of benzene rings is 2. The molecule has 2 aromatic carbocycles. The zero-order valence-electron chi connectivity index (χ0n) is 11.9. The normalized spacial score (nSPS) is 12.7. The van der Waals surface area contributed by atoms with Crippen LogP contribution in [0.25, 0.3) is 22.1 Å². The Kier molecular flexibility index (Phi) is 2.99. The lowest BCUT2D eigenvalue weighted by Gasteiger charge is -2.07. The first-order valence-electron chi connectivity index (χ1n) is 6.96. The predicted molar refractivity (Wildman–Crippen MR) is 81.6 cm³/mol. The Balaban J connectivity index is 1.94. The van der Waals surface area contributed by atoms with Crippen LogP contribution in [0, 0.1) is 0 Å². The van der Waals surface area contributed by atoms with Crippen LogP contribution < -0.4 is 14.9 Å². The van der Waals surface area contributed by atoms with Gasteiger partial charge in [-0.2, -0.15) is 0 Å². The average Bonchev–Trinajstić information content (AvgIpc) is 3.02. The van der Waals surface area contributed by atoms with Crippen LogP contribution in [0.2, 0.25) is 0 Å². The Hall–Kier alpha value is -2.99. The van der Waals surface area contributed by atoms with E-state index in [0.717, 1.165) is 0 Å². The van der Waals surface area contributed by atoms with E-state index in [4.69, 9.17) is 13.9 Å². The molecule has 6 nitrogen and oxygen atoms in total. The molecule has 4 rings (SSSR count). The molecule has 0 unspecified atom stereocenters. The fraction of sp³-hybridized carbons (Fsp3) is 0.118. The van der Waals surface area contributed by atoms with Crippen molar-refractivity contribution in [2.24, 2.45) is 0 Å². The maximum atomic E-state index is 12.7. The molecule has 2 N–H and O–H groups in total. The first kappa shape index (κ1) is 13.7. The summed E-state index contributed by atoms with van der Waals surface area (Å²) in [4.78, 5) is 12.7. The Bertz CT molecular complexity index is 973. The summed E-state index contributed by atoms with van der Waals surface area (Å²) in [7, 11) is 0. The summed E-state index contributed by atoms with van der Waals surface area (Å²) >= 11 is 0. The van der Waals surface area contributed by atoms with E-state index in [1.807, 2.05) is 0 Å². The largest absolute Gasteiger partial charge is 0.507 e. The lowest BCUT2D eigenvalue weighted by molar-refractivity contribution is 0.174. The molecule has 0 atom stereocenters. The highest BCUT2D eigenvalue weighted by Gasteiger charge is 2.18. The molecule has 0 saturated carbocycles.